The zero-order chi connectivity index (χ0) is 28.7. The molecule has 1 amide bonds. The van der Waals surface area contributed by atoms with Crippen molar-refractivity contribution in [3.63, 3.8) is 0 Å². The molecule has 0 aliphatic heterocycles. The summed E-state index contributed by atoms with van der Waals surface area (Å²) in [5.74, 6) is -0.493. The zero-order valence-corrected chi connectivity index (χ0v) is 23.8. The summed E-state index contributed by atoms with van der Waals surface area (Å²) in [5.41, 5.74) is 4.92. The lowest BCUT2D eigenvalue weighted by Gasteiger charge is -2.10. The molecule has 0 heterocycles. The molecule has 0 unspecified atom stereocenters. The van der Waals surface area contributed by atoms with Crippen molar-refractivity contribution < 1.29 is 27.5 Å². The Morgan fingerprint density at radius 1 is 0.875 bits per heavy atom. The second-order valence-electron chi connectivity index (χ2n) is 8.51. The molecule has 0 fully saturated rings. The summed E-state index contributed by atoms with van der Waals surface area (Å²) in [6.45, 7) is 1.87. The molecular weight excluding hydrogens is 598 g/mol. The fourth-order valence-electron chi connectivity index (χ4n) is 3.47. The van der Waals surface area contributed by atoms with E-state index in [-0.39, 0.29) is 16.2 Å². The standard InChI is InChI=1S/C29H24BrN3O6S/c1-19-6-13-25(14-7-19)40(36,37)33-24-11-9-21(10-12-24)28(34)32-31-18-20-8-15-26(27(16-20)38-2)39-29(35)22-4-3-5-23(30)17-22/h3-18,33H,1-2H3,(H,32,34)/b31-18-. The number of anilines is 1. The van der Waals surface area contributed by atoms with Crippen LogP contribution in [0.1, 0.15) is 31.8 Å². The molecule has 2 N–H and O–H groups in total. The number of hydrogen-bond acceptors (Lipinski definition) is 7. The number of carbonyl (C=O) groups is 2. The van der Waals surface area contributed by atoms with Crippen LogP contribution in [0.2, 0.25) is 0 Å². The summed E-state index contributed by atoms with van der Waals surface area (Å²) in [5, 5.41) is 3.97. The first kappa shape index (κ1) is 28.5. The molecule has 4 aromatic carbocycles. The van der Waals surface area contributed by atoms with E-state index < -0.39 is 21.9 Å². The molecule has 0 spiro atoms. The number of benzene rings is 4. The highest BCUT2D eigenvalue weighted by molar-refractivity contribution is 9.10. The third kappa shape index (κ3) is 7.33. The number of ether oxygens (including phenoxy) is 2. The highest BCUT2D eigenvalue weighted by Crippen LogP contribution is 2.28. The first-order valence-corrected chi connectivity index (χ1v) is 14.1. The molecule has 4 aromatic rings. The third-order valence-electron chi connectivity index (χ3n) is 5.56. The Kier molecular flexibility index (Phi) is 8.97. The Labute approximate surface area is 240 Å². The molecule has 0 aliphatic rings. The largest absolute Gasteiger partial charge is 0.493 e. The van der Waals surface area contributed by atoms with Gasteiger partial charge in [-0.2, -0.15) is 5.10 Å². The molecule has 0 bridgehead atoms. The second kappa shape index (κ2) is 12.6. The number of halogens is 1. The third-order valence-corrected chi connectivity index (χ3v) is 7.45. The van der Waals surface area contributed by atoms with Crippen LogP contribution in [-0.4, -0.2) is 33.6 Å². The van der Waals surface area contributed by atoms with Crippen LogP contribution in [0.5, 0.6) is 11.5 Å². The van der Waals surface area contributed by atoms with Gasteiger partial charge in [0.25, 0.3) is 15.9 Å². The van der Waals surface area contributed by atoms with Gasteiger partial charge in [0.2, 0.25) is 0 Å². The monoisotopic (exact) mass is 621 g/mol. The summed E-state index contributed by atoms with van der Waals surface area (Å²) in [7, 11) is -2.31. The minimum atomic E-state index is -3.75. The molecule has 0 saturated heterocycles. The second-order valence-corrected chi connectivity index (χ2v) is 11.1. The maximum Gasteiger partial charge on any atom is 0.343 e. The molecular formula is C29H24BrN3O6S. The summed E-state index contributed by atoms with van der Waals surface area (Å²) < 4.78 is 39.2. The van der Waals surface area contributed by atoms with E-state index in [0.717, 1.165) is 10.0 Å². The van der Waals surface area contributed by atoms with Gasteiger partial charge < -0.3 is 9.47 Å². The van der Waals surface area contributed by atoms with Gasteiger partial charge in [0, 0.05) is 15.7 Å². The van der Waals surface area contributed by atoms with Crippen LogP contribution >= 0.6 is 15.9 Å². The van der Waals surface area contributed by atoms with Crippen molar-refractivity contribution in [2.75, 3.05) is 11.8 Å². The van der Waals surface area contributed by atoms with Crippen LogP contribution in [0, 0.1) is 6.92 Å². The number of amides is 1. The van der Waals surface area contributed by atoms with E-state index in [9.17, 15) is 18.0 Å². The lowest BCUT2D eigenvalue weighted by Crippen LogP contribution is -2.18. The lowest BCUT2D eigenvalue weighted by molar-refractivity contribution is 0.0729. The molecule has 0 aromatic heterocycles. The SMILES string of the molecule is COc1cc(/C=N\NC(=O)c2ccc(NS(=O)(=O)c3ccc(C)cc3)cc2)ccc1OC(=O)c1cccc(Br)c1. The summed E-state index contributed by atoms with van der Waals surface area (Å²) in [6.07, 6.45) is 1.41. The minimum absolute atomic E-state index is 0.140. The van der Waals surface area contributed by atoms with Crippen LogP contribution < -0.4 is 19.6 Å². The zero-order valence-electron chi connectivity index (χ0n) is 21.4. The summed E-state index contributed by atoms with van der Waals surface area (Å²) in [4.78, 5) is 25.1. The first-order chi connectivity index (χ1) is 19.1. The number of nitrogens with zero attached hydrogens (tertiary/aromatic N) is 1. The van der Waals surface area contributed by atoms with Crippen molar-refractivity contribution in [3.05, 3.63) is 118 Å². The van der Waals surface area contributed by atoms with Crippen LogP contribution in [0.3, 0.4) is 0 Å². The van der Waals surface area contributed by atoms with E-state index in [0.29, 0.717) is 22.6 Å². The van der Waals surface area contributed by atoms with Gasteiger partial charge in [-0.05, 0) is 85.3 Å². The first-order valence-electron chi connectivity index (χ1n) is 11.8. The predicted molar refractivity (Wildman–Crippen MR) is 156 cm³/mol. The Balaban J connectivity index is 1.36. The van der Waals surface area contributed by atoms with Gasteiger partial charge in [-0.25, -0.2) is 18.6 Å². The van der Waals surface area contributed by atoms with E-state index in [1.807, 2.05) is 6.92 Å². The molecule has 0 radical (unpaired) electrons. The van der Waals surface area contributed by atoms with E-state index in [4.69, 9.17) is 9.47 Å². The molecule has 0 saturated carbocycles. The maximum atomic E-state index is 12.6. The van der Waals surface area contributed by atoms with Crippen LogP contribution in [0.4, 0.5) is 5.69 Å². The van der Waals surface area contributed by atoms with Gasteiger partial charge in [-0.3, -0.25) is 9.52 Å². The van der Waals surface area contributed by atoms with Gasteiger partial charge in [0.05, 0.1) is 23.8 Å². The molecule has 9 nitrogen and oxygen atoms in total. The van der Waals surface area contributed by atoms with Crippen molar-refractivity contribution in [1.29, 1.82) is 0 Å². The quantitative estimate of drug-likeness (QED) is 0.109. The highest BCUT2D eigenvalue weighted by atomic mass is 79.9. The predicted octanol–water partition coefficient (Wildman–Crippen LogP) is 5.55. The van der Waals surface area contributed by atoms with Crippen molar-refractivity contribution in [2.24, 2.45) is 5.10 Å². The number of hydrazone groups is 1. The Morgan fingerprint density at radius 3 is 2.27 bits per heavy atom. The number of methoxy groups -OCH3 is 1. The minimum Gasteiger partial charge on any atom is -0.493 e. The Hall–Kier alpha value is -4.48. The molecule has 0 atom stereocenters. The maximum absolute atomic E-state index is 12.6. The fraction of sp³-hybridized carbons (Fsp3) is 0.0690. The molecule has 4 rings (SSSR count). The number of aryl methyl sites for hydroxylation is 1. The van der Waals surface area contributed by atoms with Crippen LogP contribution in [0.15, 0.2) is 105 Å². The average Bonchev–Trinajstić information content (AvgIpc) is 2.94. The number of esters is 1. The van der Waals surface area contributed by atoms with E-state index >= 15 is 0 Å². The summed E-state index contributed by atoms with van der Waals surface area (Å²) >= 11 is 3.32. The topological polar surface area (TPSA) is 123 Å². The van der Waals surface area contributed by atoms with E-state index in [1.165, 1.54) is 49.7 Å². The smallest absolute Gasteiger partial charge is 0.343 e. The van der Waals surface area contributed by atoms with Crippen molar-refractivity contribution in [3.8, 4) is 11.5 Å². The van der Waals surface area contributed by atoms with Gasteiger partial charge in [-0.15, -0.1) is 0 Å². The Morgan fingerprint density at radius 2 is 1.60 bits per heavy atom. The van der Waals surface area contributed by atoms with Gasteiger partial charge in [0.1, 0.15) is 0 Å². The summed E-state index contributed by atoms with van der Waals surface area (Å²) in [6, 6.07) is 24.1. The Bertz CT molecular complexity index is 1670. The normalized spacial score (nSPS) is 11.2. The molecule has 40 heavy (non-hydrogen) atoms. The van der Waals surface area contributed by atoms with Gasteiger partial charge >= 0.3 is 5.97 Å². The number of hydrogen-bond donors (Lipinski definition) is 2. The molecule has 204 valence electrons. The lowest BCUT2D eigenvalue weighted by atomic mass is 10.2. The molecule has 0 aliphatic carbocycles. The number of sulfonamides is 1. The average molecular weight is 622 g/mol. The highest BCUT2D eigenvalue weighted by Gasteiger charge is 2.15. The van der Waals surface area contributed by atoms with E-state index in [1.54, 1.807) is 54.6 Å². The fourth-order valence-corrected chi connectivity index (χ4v) is 4.93. The van der Waals surface area contributed by atoms with Crippen LogP contribution in [0.25, 0.3) is 0 Å². The molecule has 11 heteroatoms. The van der Waals surface area contributed by atoms with Crippen molar-refractivity contribution in [2.45, 2.75) is 11.8 Å². The van der Waals surface area contributed by atoms with E-state index in [2.05, 4.69) is 31.2 Å². The van der Waals surface area contributed by atoms with Crippen molar-refractivity contribution >= 4 is 49.7 Å². The van der Waals surface area contributed by atoms with Gasteiger partial charge in [0.15, 0.2) is 11.5 Å². The number of rotatable bonds is 9. The van der Waals surface area contributed by atoms with Crippen LogP contribution in [-0.2, 0) is 10.0 Å². The van der Waals surface area contributed by atoms with Gasteiger partial charge in [-0.1, -0.05) is 39.7 Å². The van der Waals surface area contributed by atoms with Crippen molar-refractivity contribution in [1.82, 2.24) is 5.43 Å². The number of nitrogens with one attached hydrogen (secondary N) is 2. The number of carbonyl (C=O) groups excluding carboxylic acids is 2.